The molecular weight excluding hydrogens is 452 g/mol. The van der Waals surface area contributed by atoms with Crippen molar-refractivity contribution in [1.29, 1.82) is 0 Å². The molecule has 2 saturated heterocycles. The average molecular weight is 483 g/mol. The highest BCUT2D eigenvalue weighted by atomic mass is 16.5. The van der Waals surface area contributed by atoms with Crippen molar-refractivity contribution in [3.63, 3.8) is 0 Å². The molecule has 186 valence electrons. The molecule has 0 unspecified atom stereocenters. The Kier molecular flexibility index (Phi) is 7.57. The van der Waals surface area contributed by atoms with Gasteiger partial charge in [-0.1, -0.05) is 18.2 Å². The van der Waals surface area contributed by atoms with Gasteiger partial charge < -0.3 is 29.3 Å². The Morgan fingerprint density at radius 2 is 1.89 bits per heavy atom. The Labute approximate surface area is 204 Å². The van der Waals surface area contributed by atoms with E-state index in [2.05, 4.69) is 4.90 Å². The molecule has 0 radical (unpaired) electrons. The summed E-state index contributed by atoms with van der Waals surface area (Å²) in [5.41, 5.74) is 0.902. The van der Waals surface area contributed by atoms with E-state index in [1.807, 2.05) is 0 Å². The van der Waals surface area contributed by atoms with Gasteiger partial charge in [0.1, 0.15) is 11.5 Å². The highest BCUT2D eigenvalue weighted by molar-refractivity contribution is 6.46. The molecule has 2 fully saturated rings. The van der Waals surface area contributed by atoms with E-state index in [4.69, 9.17) is 14.2 Å². The molecule has 0 saturated carbocycles. The fourth-order valence-electron chi connectivity index (χ4n) is 4.43. The summed E-state index contributed by atoms with van der Waals surface area (Å²) in [7, 11) is 1.51. The Hall–Kier alpha value is -3.56. The van der Waals surface area contributed by atoms with Gasteiger partial charge in [0.2, 0.25) is 0 Å². The smallest absolute Gasteiger partial charge is 0.295 e. The molecule has 2 N–H and O–H groups in total. The lowest BCUT2D eigenvalue weighted by Crippen LogP contribution is -2.42. The number of hydrogen-bond donors (Lipinski definition) is 2. The lowest BCUT2D eigenvalue weighted by molar-refractivity contribution is -0.140. The number of rotatable bonds is 8. The van der Waals surface area contributed by atoms with Crippen LogP contribution in [0, 0.1) is 0 Å². The van der Waals surface area contributed by atoms with Gasteiger partial charge in [-0.15, -0.1) is 0 Å². The largest absolute Gasteiger partial charge is 0.507 e. The van der Waals surface area contributed by atoms with Crippen LogP contribution in [-0.4, -0.2) is 84.8 Å². The monoisotopic (exact) mass is 482 g/mol. The van der Waals surface area contributed by atoms with E-state index in [0.717, 1.165) is 13.1 Å². The quantitative estimate of drug-likeness (QED) is 0.336. The average Bonchev–Trinajstić information content (AvgIpc) is 3.14. The van der Waals surface area contributed by atoms with Crippen LogP contribution in [0.3, 0.4) is 0 Å². The van der Waals surface area contributed by atoms with Gasteiger partial charge in [0.05, 0.1) is 38.5 Å². The molecule has 2 aromatic carbocycles. The van der Waals surface area contributed by atoms with Crippen molar-refractivity contribution >= 4 is 17.4 Å². The van der Waals surface area contributed by atoms with E-state index >= 15 is 0 Å². The molecule has 0 aromatic heterocycles. The number of phenols is 1. The van der Waals surface area contributed by atoms with Crippen LogP contribution in [0.1, 0.15) is 24.1 Å². The van der Waals surface area contributed by atoms with Crippen LogP contribution in [-0.2, 0) is 14.3 Å². The fourth-order valence-corrected chi connectivity index (χ4v) is 4.43. The first-order valence-electron chi connectivity index (χ1n) is 11.6. The summed E-state index contributed by atoms with van der Waals surface area (Å²) in [4.78, 5) is 30.1. The number of amides is 1. The van der Waals surface area contributed by atoms with Crippen molar-refractivity contribution in [3.05, 3.63) is 59.2 Å². The predicted molar refractivity (Wildman–Crippen MR) is 129 cm³/mol. The van der Waals surface area contributed by atoms with Gasteiger partial charge in [-0.2, -0.15) is 0 Å². The third-order valence-corrected chi connectivity index (χ3v) is 6.24. The van der Waals surface area contributed by atoms with Gasteiger partial charge >= 0.3 is 0 Å². The second-order valence-electron chi connectivity index (χ2n) is 8.34. The number of aliphatic hydroxyl groups is 1. The maximum atomic E-state index is 13.2. The Bertz CT molecular complexity index is 1120. The number of aromatic hydroxyl groups is 1. The van der Waals surface area contributed by atoms with Crippen molar-refractivity contribution in [2.75, 3.05) is 53.1 Å². The summed E-state index contributed by atoms with van der Waals surface area (Å²) in [6.07, 6.45) is 0. The second-order valence-corrected chi connectivity index (χ2v) is 8.34. The number of hydrogen-bond acceptors (Lipinski definition) is 8. The molecule has 2 aromatic rings. The number of methoxy groups -OCH3 is 1. The number of morpholine rings is 1. The zero-order chi connectivity index (χ0) is 24.9. The standard InChI is InChI=1S/C26H30N2O7/c1-3-35-21-16-17(7-8-20(21)29)23-22(24(30)18-5-4-6-19(15-18)33-2)25(31)26(32)28(23)10-9-27-11-13-34-14-12-27/h4-8,15-16,23,29-30H,3,9-14H2,1-2H3/t23-/m0/s1. The minimum absolute atomic E-state index is 0.0154. The number of nitrogens with zero attached hydrogens (tertiary/aromatic N) is 2. The van der Waals surface area contributed by atoms with E-state index in [1.54, 1.807) is 43.3 Å². The second kappa shape index (κ2) is 10.8. The number of likely N-dealkylation sites (tertiary alicyclic amines) is 1. The first-order valence-corrected chi connectivity index (χ1v) is 11.6. The van der Waals surface area contributed by atoms with Crippen LogP contribution in [0.15, 0.2) is 48.0 Å². The molecule has 1 atom stereocenters. The molecule has 9 nitrogen and oxygen atoms in total. The van der Waals surface area contributed by atoms with Crippen molar-refractivity contribution in [3.8, 4) is 17.2 Å². The first-order chi connectivity index (χ1) is 16.9. The highest BCUT2D eigenvalue weighted by Crippen LogP contribution is 2.42. The number of phenolic OH excluding ortho intramolecular Hbond substituents is 1. The Balaban J connectivity index is 1.78. The van der Waals surface area contributed by atoms with Crippen LogP contribution in [0.5, 0.6) is 17.2 Å². The van der Waals surface area contributed by atoms with Crippen LogP contribution in [0.4, 0.5) is 0 Å². The van der Waals surface area contributed by atoms with Crippen LogP contribution in [0.25, 0.3) is 5.76 Å². The van der Waals surface area contributed by atoms with E-state index in [1.165, 1.54) is 18.1 Å². The van der Waals surface area contributed by atoms with Gasteiger partial charge in [-0.25, -0.2) is 0 Å². The number of Topliss-reactive ketones (excluding diaryl/α,β-unsaturated/α-hetero) is 1. The molecular formula is C26H30N2O7. The normalized spacial score (nSPS) is 20.3. The number of ketones is 1. The summed E-state index contributed by atoms with van der Waals surface area (Å²) >= 11 is 0. The number of ether oxygens (including phenoxy) is 3. The van der Waals surface area contributed by atoms with Gasteiger partial charge in [0.25, 0.3) is 11.7 Å². The van der Waals surface area contributed by atoms with Gasteiger partial charge in [-0.05, 0) is 36.8 Å². The summed E-state index contributed by atoms with van der Waals surface area (Å²) in [6, 6.07) is 10.5. The summed E-state index contributed by atoms with van der Waals surface area (Å²) in [6.45, 7) is 5.69. The molecule has 2 aliphatic rings. The van der Waals surface area contributed by atoms with Crippen molar-refractivity contribution in [1.82, 2.24) is 9.80 Å². The molecule has 4 rings (SSSR count). The van der Waals surface area contributed by atoms with Crippen LogP contribution < -0.4 is 9.47 Å². The molecule has 9 heteroatoms. The molecule has 1 amide bonds. The van der Waals surface area contributed by atoms with Gasteiger partial charge in [-0.3, -0.25) is 14.5 Å². The number of carbonyl (C=O) groups is 2. The molecule has 0 spiro atoms. The fraction of sp³-hybridized carbons (Fsp3) is 0.385. The summed E-state index contributed by atoms with van der Waals surface area (Å²) in [5, 5.41) is 21.4. The molecule has 2 heterocycles. The Morgan fingerprint density at radius 1 is 1.11 bits per heavy atom. The topological polar surface area (TPSA) is 109 Å². The third-order valence-electron chi connectivity index (χ3n) is 6.24. The number of benzene rings is 2. The zero-order valence-corrected chi connectivity index (χ0v) is 19.9. The lowest BCUT2D eigenvalue weighted by Gasteiger charge is -2.31. The first kappa shape index (κ1) is 24.6. The SMILES string of the molecule is CCOc1cc([C@H]2C(=C(O)c3cccc(OC)c3)C(=O)C(=O)N2CCN2CCOCC2)ccc1O. The van der Waals surface area contributed by atoms with Gasteiger partial charge in [0, 0.05) is 31.7 Å². The maximum Gasteiger partial charge on any atom is 0.295 e. The highest BCUT2D eigenvalue weighted by Gasteiger charge is 2.46. The molecule has 0 aliphatic carbocycles. The molecule has 35 heavy (non-hydrogen) atoms. The van der Waals surface area contributed by atoms with Crippen molar-refractivity contribution in [2.24, 2.45) is 0 Å². The molecule has 2 aliphatic heterocycles. The van der Waals surface area contributed by atoms with E-state index in [0.29, 0.717) is 43.2 Å². The lowest BCUT2D eigenvalue weighted by atomic mass is 9.95. The van der Waals surface area contributed by atoms with Crippen molar-refractivity contribution in [2.45, 2.75) is 13.0 Å². The Morgan fingerprint density at radius 3 is 2.60 bits per heavy atom. The third kappa shape index (κ3) is 5.11. The van der Waals surface area contributed by atoms with Crippen LogP contribution >= 0.6 is 0 Å². The zero-order valence-electron chi connectivity index (χ0n) is 19.9. The van der Waals surface area contributed by atoms with E-state index in [9.17, 15) is 19.8 Å². The minimum Gasteiger partial charge on any atom is -0.507 e. The van der Waals surface area contributed by atoms with Gasteiger partial charge in [0.15, 0.2) is 11.5 Å². The predicted octanol–water partition coefficient (Wildman–Crippen LogP) is 2.55. The number of carbonyl (C=O) groups excluding carboxylic acids is 2. The molecule has 0 bridgehead atoms. The van der Waals surface area contributed by atoms with E-state index in [-0.39, 0.29) is 29.4 Å². The number of aliphatic hydroxyl groups excluding tert-OH is 1. The summed E-state index contributed by atoms with van der Waals surface area (Å²) in [5.74, 6) is -1.02. The van der Waals surface area contributed by atoms with Crippen LogP contribution in [0.2, 0.25) is 0 Å². The van der Waals surface area contributed by atoms with E-state index < -0.39 is 17.7 Å². The summed E-state index contributed by atoms with van der Waals surface area (Å²) < 4.78 is 16.2. The minimum atomic E-state index is -0.845. The maximum absolute atomic E-state index is 13.2. The van der Waals surface area contributed by atoms with Crippen molar-refractivity contribution < 1.29 is 34.0 Å².